The molecule has 1 aliphatic heterocycles. The number of methoxy groups -OCH3 is 2. The molecule has 1 amide bonds. The smallest absolute Gasteiger partial charge is 0.258 e. The zero-order chi connectivity index (χ0) is 16.4. The minimum atomic E-state index is -0.242. The van der Waals surface area contributed by atoms with Crippen LogP contribution in [0.5, 0.6) is 11.5 Å². The van der Waals surface area contributed by atoms with Crippen molar-refractivity contribution in [3.63, 3.8) is 0 Å². The first-order chi connectivity index (χ1) is 11.1. The Kier molecular flexibility index (Phi) is 4.07. The van der Waals surface area contributed by atoms with E-state index in [-0.39, 0.29) is 5.91 Å². The fourth-order valence-electron chi connectivity index (χ4n) is 2.23. The van der Waals surface area contributed by atoms with E-state index in [2.05, 4.69) is 15.6 Å². The number of nitrogens with zero attached hydrogens (tertiary/aromatic N) is 1. The molecule has 0 aliphatic carbocycles. The Bertz CT molecular complexity index is 785. The lowest BCUT2D eigenvalue weighted by Gasteiger charge is -2.15. The van der Waals surface area contributed by atoms with Gasteiger partial charge in [0.1, 0.15) is 11.5 Å². The van der Waals surface area contributed by atoms with Gasteiger partial charge in [0.05, 0.1) is 42.6 Å². The van der Waals surface area contributed by atoms with Gasteiger partial charge in [-0.15, -0.1) is 11.3 Å². The summed E-state index contributed by atoms with van der Waals surface area (Å²) in [7, 11) is 3.11. The second kappa shape index (κ2) is 6.17. The normalized spacial score (nSPS) is 12.7. The summed E-state index contributed by atoms with van der Waals surface area (Å²) in [4.78, 5) is 17.6. The molecule has 0 atom stereocenters. The number of rotatable bonds is 4. The highest BCUT2D eigenvalue weighted by molar-refractivity contribution is 7.11. The molecule has 2 aromatic rings. The number of anilines is 2. The van der Waals surface area contributed by atoms with E-state index in [1.165, 1.54) is 18.4 Å². The largest absolute Gasteiger partial charge is 0.497 e. The highest BCUT2D eigenvalue weighted by Crippen LogP contribution is 2.33. The van der Waals surface area contributed by atoms with Crippen molar-refractivity contribution in [1.29, 1.82) is 0 Å². The molecule has 0 bridgehead atoms. The van der Waals surface area contributed by atoms with Gasteiger partial charge >= 0.3 is 0 Å². The maximum Gasteiger partial charge on any atom is 0.258 e. The molecule has 3 rings (SSSR count). The highest BCUT2D eigenvalue weighted by Gasteiger charge is 2.21. The number of guanidine groups is 1. The number of carbonyl (C=O) groups is 1. The lowest BCUT2D eigenvalue weighted by Crippen LogP contribution is -2.27. The van der Waals surface area contributed by atoms with Gasteiger partial charge in [0, 0.05) is 11.4 Å². The number of fused-ring (bicyclic) bond motifs is 1. The van der Waals surface area contributed by atoms with Crippen molar-refractivity contribution < 1.29 is 14.3 Å². The third kappa shape index (κ3) is 2.93. The molecular formula is C15H16N4O3S. The molecule has 0 unspecified atom stereocenters. The summed E-state index contributed by atoms with van der Waals surface area (Å²) < 4.78 is 10.4. The quantitative estimate of drug-likeness (QED) is 0.798. The minimum Gasteiger partial charge on any atom is -0.497 e. The number of ether oxygens (including phenoxy) is 2. The lowest BCUT2D eigenvalue weighted by atomic mass is 10.2. The molecule has 1 aromatic carbocycles. The van der Waals surface area contributed by atoms with Gasteiger partial charge in [-0.05, 0) is 12.1 Å². The average Bonchev–Trinajstić information content (AvgIpc) is 2.98. The molecule has 120 valence electrons. The number of thiophene rings is 1. The third-order valence-corrected chi connectivity index (χ3v) is 4.39. The van der Waals surface area contributed by atoms with E-state index in [1.54, 1.807) is 30.7 Å². The molecular weight excluding hydrogens is 316 g/mol. The fraction of sp³-hybridized carbons (Fsp3) is 0.200. The second-order valence-electron chi connectivity index (χ2n) is 4.79. The Balaban J connectivity index is 1.85. The van der Waals surface area contributed by atoms with Crippen LogP contribution in [0, 0.1) is 0 Å². The van der Waals surface area contributed by atoms with E-state index in [4.69, 9.17) is 15.2 Å². The molecule has 23 heavy (non-hydrogen) atoms. The molecule has 0 saturated carbocycles. The number of carbonyl (C=O) groups excluding carboxylic acids is 1. The van der Waals surface area contributed by atoms with Crippen LogP contribution in [0.25, 0.3) is 0 Å². The van der Waals surface area contributed by atoms with E-state index in [0.29, 0.717) is 40.9 Å². The molecule has 2 heterocycles. The van der Waals surface area contributed by atoms with Gasteiger partial charge in [-0.25, -0.2) is 4.99 Å². The summed E-state index contributed by atoms with van der Waals surface area (Å²) in [6.07, 6.45) is 0. The van der Waals surface area contributed by atoms with Crippen LogP contribution in [0.1, 0.15) is 15.2 Å². The zero-order valence-electron chi connectivity index (χ0n) is 12.7. The Morgan fingerprint density at radius 2 is 2.22 bits per heavy atom. The molecule has 4 N–H and O–H groups in total. The van der Waals surface area contributed by atoms with Gasteiger partial charge in [-0.2, -0.15) is 0 Å². The predicted octanol–water partition coefficient (Wildman–Crippen LogP) is 2.26. The maximum absolute atomic E-state index is 12.6. The van der Waals surface area contributed by atoms with Crippen LogP contribution in [0.2, 0.25) is 0 Å². The van der Waals surface area contributed by atoms with E-state index in [9.17, 15) is 4.79 Å². The Morgan fingerprint density at radius 3 is 2.96 bits per heavy atom. The van der Waals surface area contributed by atoms with Gasteiger partial charge < -0.3 is 25.8 Å². The molecule has 0 fully saturated rings. The van der Waals surface area contributed by atoms with Gasteiger partial charge in [0.2, 0.25) is 0 Å². The standard InChI is InChI=1S/C15H16N4O3S/c1-21-8-3-4-10(11(5-8)22-2)18-14(20)9-7-23-12-6-17-15(16)19-13(9)12/h3-5,7H,6H2,1-2H3,(H,18,20)(H3,16,17,19). The predicted molar refractivity (Wildman–Crippen MR) is 90.8 cm³/mol. The van der Waals surface area contributed by atoms with Gasteiger partial charge in [-0.3, -0.25) is 4.79 Å². The molecule has 0 saturated heterocycles. The topological polar surface area (TPSA) is 98.0 Å². The first-order valence-electron chi connectivity index (χ1n) is 6.83. The highest BCUT2D eigenvalue weighted by atomic mass is 32.1. The average molecular weight is 332 g/mol. The summed E-state index contributed by atoms with van der Waals surface area (Å²) in [6.45, 7) is 0.484. The van der Waals surface area contributed by atoms with Crippen LogP contribution < -0.4 is 25.8 Å². The summed E-state index contributed by atoms with van der Waals surface area (Å²) in [6, 6.07) is 5.20. The molecule has 7 nitrogen and oxygen atoms in total. The lowest BCUT2D eigenvalue weighted by molar-refractivity contribution is 0.102. The Hall–Kier alpha value is -2.74. The third-order valence-electron chi connectivity index (χ3n) is 3.41. The first kappa shape index (κ1) is 15.2. The summed E-state index contributed by atoms with van der Waals surface area (Å²) in [5.74, 6) is 1.24. The fourth-order valence-corrected chi connectivity index (χ4v) is 3.14. The number of nitrogens with one attached hydrogen (secondary N) is 2. The molecule has 1 aliphatic rings. The van der Waals surface area contributed by atoms with Crippen molar-refractivity contribution in [2.24, 2.45) is 10.7 Å². The van der Waals surface area contributed by atoms with Crippen LogP contribution >= 0.6 is 11.3 Å². The first-order valence-corrected chi connectivity index (χ1v) is 7.71. The Morgan fingerprint density at radius 1 is 1.39 bits per heavy atom. The van der Waals surface area contributed by atoms with Gasteiger partial charge in [0.25, 0.3) is 5.91 Å². The molecule has 0 spiro atoms. The number of benzene rings is 1. The number of nitrogens with two attached hydrogens (primary N) is 1. The van der Waals surface area contributed by atoms with Crippen LogP contribution in [0.15, 0.2) is 28.6 Å². The van der Waals surface area contributed by atoms with Gasteiger partial charge in [0.15, 0.2) is 5.96 Å². The van der Waals surface area contributed by atoms with Crippen molar-refractivity contribution in [2.45, 2.75) is 6.54 Å². The number of amides is 1. The summed E-state index contributed by atoms with van der Waals surface area (Å²) in [5, 5.41) is 7.58. The maximum atomic E-state index is 12.6. The molecule has 1 aromatic heterocycles. The minimum absolute atomic E-state index is 0.242. The van der Waals surface area contributed by atoms with E-state index >= 15 is 0 Å². The monoisotopic (exact) mass is 332 g/mol. The van der Waals surface area contributed by atoms with Crippen molar-refractivity contribution in [1.82, 2.24) is 0 Å². The van der Waals surface area contributed by atoms with E-state index in [0.717, 1.165) is 4.88 Å². The SMILES string of the molecule is COc1ccc(NC(=O)c2csc3c2NC(N)=NC3)c(OC)c1. The van der Waals surface area contributed by atoms with Crippen molar-refractivity contribution in [3.8, 4) is 11.5 Å². The number of hydrogen-bond donors (Lipinski definition) is 3. The van der Waals surface area contributed by atoms with E-state index in [1.807, 2.05) is 0 Å². The van der Waals surface area contributed by atoms with Crippen molar-refractivity contribution >= 4 is 34.6 Å². The van der Waals surface area contributed by atoms with Crippen LogP contribution in [-0.4, -0.2) is 26.1 Å². The number of aliphatic imine (C=N–C) groups is 1. The zero-order valence-corrected chi connectivity index (χ0v) is 13.5. The summed E-state index contributed by atoms with van der Waals surface area (Å²) in [5.41, 5.74) is 7.50. The van der Waals surface area contributed by atoms with Crippen LogP contribution in [-0.2, 0) is 6.54 Å². The van der Waals surface area contributed by atoms with Crippen LogP contribution in [0.4, 0.5) is 11.4 Å². The van der Waals surface area contributed by atoms with Crippen molar-refractivity contribution in [3.05, 3.63) is 34.0 Å². The number of hydrogen-bond acceptors (Lipinski definition) is 7. The van der Waals surface area contributed by atoms with Crippen molar-refractivity contribution in [2.75, 3.05) is 24.9 Å². The summed E-state index contributed by atoms with van der Waals surface area (Å²) >= 11 is 1.47. The second-order valence-corrected chi connectivity index (χ2v) is 5.76. The molecule has 8 heteroatoms. The molecule has 0 radical (unpaired) electrons. The van der Waals surface area contributed by atoms with Crippen LogP contribution in [0.3, 0.4) is 0 Å². The van der Waals surface area contributed by atoms with E-state index < -0.39 is 0 Å². The Labute approximate surface area is 137 Å². The van der Waals surface area contributed by atoms with Gasteiger partial charge in [-0.1, -0.05) is 0 Å².